The monoisotopic (exact) mass is 299 g/mol. The molecule has 1 fully saturated rings. The van der Waals surface area contributed by atoms with Gasteiger partial charge in [0.15, 0.2) is 5.78 Å². The fourth-order valence-electron chi connectivity index (χ4n) is 2.81. The van der Waals surface area contributed by atoms with Crippen molar-refractivity contribution in [3.05, 3.63) is 50.3 Å². The number of nitrogens with zero attached hydrogens (tertiary/aromatic N) is 2. The number of nitrogen functional groups attached to an aromatic ring is 1. The largest absolute Gasteiger partial charge is 0.394 e. The lowest BCUT2D eigenvalue weighted by atomic mass is 10.1. The Morgan fingerprint density at radius 3 is 2.00 bits per heavy atom. The van der Waals surface area contributed by atoms with Gasteiger partial charge in [0.25, 0.3) is 10.9 Å². The fraction of sp³-hybridized carbons (Fsp3) is 0.312. The molecule has 0 aliphatic carbocycles. The zero-order valence-corrected chi connectivity index (χ0v) is 12.3. The van der Waals surface area contributed by atoms with Gasteiger partial charge in [-0.3, -0.25) is 14.4 Å². The molecule has 1 aliphatic heterocycles. The number of ketones is 1. The SMILES string of the molecule is CC(=O)c1ccc(N2CCN(c3c(N)c(=O)c3=O)CC2)cc1. The summed E-state index contributed by atoms with van der Waals surface area (Å²) < 4.78 is 0. The van der Waals surface area contributed by atoms with Crippen LogP contribution in [0.15, 0.2) is 33.9 Å². The normalized spacial score (nSPS) is 15.3. The standard InChI is InChI=1S/C16H17N3O3/c1-10(20)11-2-4-12(5-3-11)18-6-8-19(9-7-18)14-13(17)15(21)16(14)22/h2-5H,6-9,17H2,1H3. The molecule has 0 saturated carbocycles. The van der Waals surface area contributed by atoms with Gasteiger partial charge in [-0.15, -0.1) is 0 Å². The van der Waals surface area contributed by atoms with E-state index < -0.39 is 10.9 Å². The van der Waals surface area contributed by atoms with Crippen molar-refractivity contribution in [2.45, 2.75) is 6.92 Å². The predicted molar refractivity (Wildman–Crippen MR) is 86.6 cm³/mol. The first kappa shape index (κ1) is 14.3. The summed E-state index contributed by atoms with van der Waals surface area (Å²) in [6.07, 6.45) is 0. The number of nitrogens with two attached hydrogens (primary N) is 1. The second kappa shape index (κ2) is 5.29. The van der Waals surface area contributed by atoms with Gasteiger partial charge in [0.1, 0.15) is 11.4 Å². The van der Waals surface area contributed by atoms with E-state index in [0.717, 1.165) is 18.8 Å². The molecule has 6 heteroatoms. The summed E-state index contributed by atoms with van der Waals surface area (Å²) in [5.41, 5.74) is 6.75. The van der Waals surface area contributed by atoms with Crippen LogP contribution in [0.4, 0.5) is 17.1 Å². The third kappa shape index (κ3) is 2.26. The van der Waals surface area contributed by atoms with E-state index in [1.54, 1.807) is 6.92 Å². The summed E-state index contributed by atoms with van der Waals surface area (Å²) in [4.78, 5) is 38.1. The molecule has 0 atom stereocenters. The second-order valence-corrected chi connectivity index (χ2v) is 5.50. The Morgan fingerprint density at radius 1 is 0.955 bits per heavy atom. The Balaban J connectivity index is 1.68. The molecule has 6 nitrogen and oxygen atoms in total. The van der Waals surface area contributed by atoms with Crippen LogP contribution in [0.5, 0.6) is 0 Å². The number of hydrogen-bond donors (Lipinski definition) is 1. The summed E-state index contributed by atoms with van der Waals surface area (Å²) in [7, 11) is 0. The molecule has 22 heavy (non-hydrogen) atoms. The lowest BCUT2D eigenvalue weighted by Gasteiger charge is -2.37. The maximum absolute atomic E-state index is 11.5. The Bertz CT molecular complexity index is 780. The van der Waals surface area contributed by atoms with Crippen LogP contribution >= 0.6 is 0 Å². The van der Waals surface area contributed by atoms with Crippen LogP contribution in [0.2, 0.25) is 0 Å². The summed E-state index contributed by atoms with van der Waals surface area (Å²) >= 11 is 0. The molecule has 3 rings (SSSR count). The molecule has 0 aromatic heterocycles. The van der Waals surface area contributed by atoms with E-state index in [0.29, 0.717) is 24.3 Å². The molecule has 114 valence electrons. The number of rotatable bonds is 3. The third-order valence-electron chi connectivity index (χ3n) is 4.16. The third-order valence-corrected chi connectivity index (χ3v) is 4.16. The van der Waals surface area contributed by atoms with Gasteiger partial charge in [-0.05, 0) is 31.2 Å². The van der Waals surface area contributed by atoms with Gasteiger partial charge < -0.3 is 15.5 Å². The molecule has 2 aromatic carbocycles. The number of anilines is 3. The number of hydrogen-bond acceptors (Lipinski definition) is 6. The van der Waals surface area contributed by atoms with E-state index >= 15 is 0 Å². The lowest BCUT2D eigenvalue weighted by Crippen LogP contribution is -2.51. The molecular formula is C16H17N3O3. The number of benzene rings is 1. The van der Waals surface area contributed by atoms with Gasteiger partial charge in [0.2, 0.25) is 0 Å². The molecule has 1 saturated heterocycles. The zero-order chi connectivity index (χ0) is 15.9. The van der Waals surface area contributed by atoms with Gasteiger partial charge in [0, 0.05) is 37.4 Å². The highest BCUT2D eigenvalue weighted by molar-refractivity contribution is 5.94. The first-order chi connectivity index (χ1) is 10.5. The van der Waals surface area contributed by atoms with Crippen LogP contribution in [0.25, 0.3) is 0 Å². The molecular weight excluding hydrogens is 282 g/mol. The van der Waals surface area contributed by atoms with Crippen molar-refractivity contribution < 1.29 is 4.79 Å². The maximum atomic E-state index is 11.5. The van der Waals surface area contributed by atoms with Gasteiger partial charge in [0.05, 0.1) is 0 Å². The smallest absolute Gasteiger partial charge is 0.253 e. The van der Waals surface area contributed by atoms with Crippen molar-refractivity contribution in [3.8, 4) is 0 Å². The molecule has 0 bridgehead atoms. The minimum atomic E-state index is -0.572. The average Bonchev–Trinajstić information content (AvgIpc) is 2.55. The van der Waals surface area contributed by atoms with Crippen LogP contribution < -0.4 is 26.4 Å². The first-order valence-electron chi connectivity index (χ1n) is 7.18. The van der Waals surface area contributed by atoms with Crippen molar-refractivity contribution in [2.24, 2.45) is 0 Å². The Labute approximate surface area is 127 Å². The van der Waals surface area contributed by atoms with E-state index in [2.05, 4.69) is 4.90 Å². The highest BCUT2D eigenvalue weighted by atomic mass is 16.2. The van der Waals surface area contributed by atoms with E-state index in [4.69, 9.17) is 5.73 Å². The molecule has 2 N–H and O–H groups in total. The Kier molecular flexibility index (Phi) is 3.44. The van der Waals surface area contributed by atoms with Gasteiger partial charge in [-0.1, -0.05) is 0 Å². The van der Waals surface area contributed by atoms with E-state index in [1.165, 1.54) is 0 Å². The van der Waals surface area contributed by atoms with Gasteiger partial charge >= 0.3 is 0 Å². The lowest BCUT2D eigenvalue weighted by molar-refractivity contribution is 0.101. The second-order valence-electron chi connectivity index (χ2n) is 5.50. The van der Waals surface area contributed by atoms with Crippen LogP contribution in [-0.2, 0) is 0 Å². The van der Waals surface area contributed by atoms with Crippen LogP contribution in [0.3, 0.4) is 0 Å². The van der Waals surface area contributed by atoms with Crippen LogP contribution in [-0.4, -0.2) is 32.0 Å². The summed E-state index contributed by atoms with van der Waals surface area (Å²) in [5, 5.41) is 0. The summed E-state index contributed by atoms with van der Waals surface area (Å²) in [6.45, 7) is 4.30. The topological polar surface area (TPSA) is 83.7 Å². The van der Waals surface area contributed by atoms with E-state index in [-0.39, 0.29) is 11.5 Å². The summed E-state index contributed by atoms with van der Waals surface area (Å²) in [6, 6.07) is 7.49. The molecule has 1 heterocycles. The quantitative estimate of drug-likeness (QED) is 0.652. The van der Waals surface area contributed by atoms with Gasteiger partial charge in [-0.25, -0.2) is 0 Å². The summed E-state index contributed by atoms with van der Waals surface area (Å²) in [5.74, 6) is 0.0481. The molecule has 0 unspecified atom stereocenters. The molecule has 0 amide bonds. The van der Waals surface area contributed by atoms with E-state index in [9.17, 15) is 14.4 Å². The van der Waals surface area contributed by atoms with Crippen molar-refractivity contribution >= 4 is 22.8 Å². The fourth-order valence-corrected chi connectivity index (χ4v) is 2.81. The number of carbonyl (C=O) groups is 1. The van der Waals surface area contributed by atoms with Crippen molar-refractivity contribution in [1.29, 1.82) is 0 Å². The minimum Gasteiger partial charge on any atom is -0.394 e. The zero-order valence-electron chi connectivity index (χ0n) is 12.3. The molecule has 0 spiro atoms. The van der Waals surface area contributed by atoms with Crippen LogP contribution in [0.1, 0.15) is 17.3 Å². The Hall–Kier alpha value is -2.63. The van der Waals surface area contributed by atoms with Crippen molar-refractivity contribution in [1.82, 2.24) is 0 Å². The van der Waals surface area contributed by atoms with E-state index in [1.807, 2.05) is 29.2 Å². The minimum absolute atomic E-state index is 0.0481. The van der Waals surface area contributed by atoms with Crippen LogP contribution in [0, 0.1) is 0 Å². The number of Topliss-reactive ketones (excluding diaryl/α,β-unsaturated/α-hetero) is 1. The van der Waals surface area contributed by atoms with Gasteiger partial charge in [-0.2, -0.15) is 0 Å². The first-order valence-corrected chi connectivity index (χ1v) is 7.18. The predicted octanol–water partition coefficient (Wildman–Crippen LogP) is 0.394. The number of carbonyl (C=O) groups excluding carboxylic acids is 1. The van der Waals surface area contributed by atoms with Crippen molar-refractivity contribution in [3.63, 3.8) is 0 Å². The Morgan fingerprint density at radius 2 is 1.50 bits per heavy atom. The highest BCUT2D eigenvalue weighted by Gasteiger charge is 2.26. The molecule has 2 aromatic rings. The molecule has 1 aliphatic rings. The highest BCUT2D eigenvalue weighted by Crippen LogP contribution is 2.22. The molecule has 0 radical (unpaired) electrons. The number of piperazine rings is 1. The average molecular weight is 299 g/mol. The van der Waals surface area contributed by atoms with Crippen molar-refractivity contribution in [2.75, 3.05) is 41.7 Å². The maximum Gasteiger partial charge on any atom is 0.253 e.